The zero-order valence-corrected chi connectivity index (χ0v) is 14.9. The molecule has 2 fully saturated rings. The monoisotopic (exact) mass is 354 g/mol. The molecule has 0 amide bonds. The molecule has 0 aliphatic carbocycles. The minimum absolute atomic E-state index is 0.0601. The molecule has 3 heterocycles. The van der Waals surface area contributed by atoms with Gasteiger partial charge in [0.15, 0.2) is 15.8 Å². The Morgan fingerprint density at radius 3 is 2.83 bits per heavy atom. The predicted molar refractivity (Wildman–Crippen MR) is 93.8 cm³/mol. The van der Waals surface area contributed by atoms with Crippen molar-refractivity contribution in [2.45, 2.75) is 31.3 Å². The van der Waals surface area contributed by atoms with Crippen molar-refractivity contribution in [3.8, 4) is 0 Å². The van der Waals surface area contributed by atoms with E-state index >= 15 is 0 Å². The highest BCUT2D eigenvalue weighted by molar-refractivity contribution is 7.91. The molecule has 7 nitrogen and oxygen atoms in total. The topological polar surface area (TPSA) is 86.9 Å². The van der Waals surface area contributed by atoms with E-state index in [1.807, 2.05) is 12.1 Å². The number of aliphatic imine (C=N–C) groups is 1. The van der Waals surface area contributed by atoms with E-state index in [1.165, 1.54) is 12.8 Å². The summed E-state index contributed by atoms with van der Waals surface area (Å²) in [6, 6.07) is 4.02. The molecule has 134 valence electrons. The number of sulfone groups is 1. The molecule has 0 aromatic carbocycles. The zero-order valence-electron chi connectivity index (χ0n) is 14.1. The van der Waals surface area contributed by atoms with Gasteiger partial charge in [-0.2, -0.15) is 0 Å². The van der Waals surface area contributed by atoms with Crippen molar-refractivity contribution in [3.05, 3.63) is 24.2 Å². The lowest BCUT2D eigenvalue weighted by Gasteiger charge is -2.27. The molecule has 2 aliphatic heterocycles. The second-order valence-corrected chi connectivity index (χ2v) is 8.70. The first-order valence-corrected chi connectivity index (χ1v) is 10.3. The normalized spacial score (nSPS) is 25.7. The molecular formula is C16H26N4O3S. The fourth-order valence-electron chi connectivity index (χ4n) is 3.43. The molecule has 2 aliphatic rings. The van der Waals surface area contributed by atoms with Gasteiger partial charge in [-0.25, -0.2) is 8.42 Å². The van der Waals surface area contributed by atoms with Crippen LogP contribution in [-0.4, -0.2) is 63.5 Å². The van der Waals surface area contributed by atoms with Crippen molar-refractivity contribution < 1.29 is 12.8 Å². The fourth-order valence-corrected chi connectivity index (χ4v) is 5.11. The Bertz CT molecular complexity index is 651. The van der Waals surface area contributed by atoms with Crippen molar-refractivity contribution in [2.24, 2.45) is 4.99 Å². The lowest BCUT2D eigenvalue weighted by molar-refractivity contribution is 0.215. The van der Waals surface area contributed by atoms with Crippen LogP contribution in [0.2, 0.25) is 0 Å². The maximum absolute atomic E-state index is 11.6. The number of hydrogen-bond acceptors (Lipinski definition) is 5. The molecule has 1 aromatic heterocycles. The molecule has 2 unspecified atom stereocenters. The highest BCUT2D eigenvalue weighted by Crippen LogP contribution is 2.24. The summed E-state index contributed by atoms with van der Waals surface area (Å²) in [6.07, 6.45) is 4.76. The van der Waals surface area contributed by atoms with Crippen LogP contribution in [0.25, 0.3) is 0 Å². The van der Waals surface area contributed by atoms with E-state index in [2.05, 4.69) is 20.5 Å². The zero-order chi connectivity index (χ0) is 17.0. The lowest BCUT2D eigenvalue weighted by Crippen LogP contribution is -2.46. The van der Waals surface area contributed by atoms with E-state index in [1.54, 1.807) is 13.3 Å². The molecule has 0 saturated carbocycles. The maximum Gasteiger partial charge on any atom is 0.191 e. The minimum atomic E-state index is -2.90. The number of nitrogens with zero attached hydrogens (tertiary/aromatic N) is 2. The van der Waals surface area contributed by atoms with Gasteiger partial charge in [-0.05, 0) is 44.5 Å². The van der Waals surface area contributed by atoms with Crippen LogP contribution in [0.15, 0.2) is 27.8 Å². The molecule has 0 radical (unpaired) electrons. The van der Waals surface area contributed by atoms with Gasteiger partial charge < -0.3 is 15.1 Å². The number of likely N-dealkylation sites (tertiary alicyclic amines) is 1. The van der Waals surface area contributed by atoms with Crippen molar-refractivity contribution in [3.63, 3.8) is 0 Å². The van der Waals surface area contributed by atoms with Gasteiger partial charge in [0, 0.05) is 19.6 Å². The van der Waals surface area contributed by atoms with E-state index in [0.717, 1.165) is 18.8 Å². The Hall–Kier alpha value is -1.54. The Morgan fingerprint density at radius 2 is 2.25 bits per heavy atom. The molecular weight excluding hydrogens is 328 g/mol. The van der Waals surface area contributed by atoms with Gasteiger partial charge in [-0.1, -0.05) is 0 Å². The van der Waals surface area contributed by atoms with Crippen LogP contribution in [-0.2, 0) is 9.84 Å². The van der Waals surface area contributed by atoms with Crippen molar-refractivity contribution >= 4 is 15.8 Å². The number of nitrogens with one attached hydrogen (secondary N) is 2. The third kappa shape index (κ3) is 4.30. The SMILES string of the molecule is CN=C(NCC(c1ccco1)N1CCCC1)NC1CCS(=O)(=O)C1. The van der Waals surface area contributed by atoms with Gasteiger partial charge in [0.05, 0.1) is 23.8 Å². The number of rotatable bonds is 5. The van der Waals surface area contributed by atoms with E-state index in [-0.39, 0.29) is 23.6 Å². The van der Waals surface area contributed by atoms with Crippen LogP contribution >= 0.6 is 0 Å². The number of hydrogen-bond donors (Lipinski definition) is 2. The summed E-state index contributed by atoms with van der Waals surface area (Å²) < 4.78 is 28.8. The average Bonchev–Trinajstić information content (AvgIpc) is 3.29. The van der Waals surface area contributed by atoms with E-state index < -0.39 is 9.84 Å². The molecule has 1 aromatic rings. The molecule has 2 atom stereocenters. The van der Waals surface area contributed by atoms with E-state index in [9.17, 15) is 8.42 Å². The molecule has 24 heavy (non-hydrogen) atoms. The number of furan rings is 1. The Morgan fingerprint density at radius 1 is 1.46 bits per heavy atom. The number of guanidine groups is 1. The third-order valence-corrected chi connectivity index (χ3v) is 6.48. The van der Waals surface area contributed by atoms with Gasteiger partial charge in [0.25, 0.3) is 0 Å². The Balaban J connectivity index is 1.58. The van der Waals surface area contributed by atoms with Crippen LogP contribution in [0.3, 0.4) is 0 Å². The van der Waals surface area contributed by atoms with Gasteiger partial charge in [-0.3, -0.25) is 9.89 Å². The standard InChI is InChI=1S/C16H26N4O3S/c1-17-16(19-13-6-10-24(21,22)12-13)18-11-14(15-5-4-9-23-15)20-7-2-3-8-20/h4-5,9,13-14H,2-3,6-8,10-12H2,1H3,(H2,17,18,19). The van der Waals surface area contributed by atoms with Crippen LogP contribution in [0, 0.1) is 0 Å². The molecule has 8 heteroatoms. The quantitative estimate of drug-likeness (QED) is 0.600. The third-order valence-electron chi connectivity index (χ3n) is 4.71. The summed E-state index contributed by atoms with van der Waals surface area (Å²) in [5, 5.41) is 6.55. The van der Waals surface area contributed by atoms with Gasteiger partial charge in [0.1, 0.15) is 5.76 Å². The second kappa shape index (κ2) is 7.57. The lowest BCUT2D eigenvalue weighted by atomic mass is 10.2. The Labute approximate surface area is 143 Å². The van der Waals surface area contributed by atoms with Crippen LogP contribution in [0.4, 0.5) is 0 Å². The van der Waals surface area contributed by atoms with Gasteiger partial charge >= 0.3 is 0 Å². The average molecular weight is 354 g/mol. The van der Waals surface area contributed by atoms with Crippen molar-refractivity contribution in [2.75, 3.05) is 38.2 Å². The minimum Gasteiger partial charge on any atom is -0.468 e. The predicted octanol–water partition coefficient (Wildman–Crippen LogP) is 0.769. The first kappa shape index (κ1) is 17.3. The summed E-state index contributed by atoms with van der Waals surface area (Å²) in [7, 11) is -1.19. The summed E-state index contributed by atoms with van der Waals surface area (Å²) >= 11 is 0. The largest absolute Gasteiger partial charge is 0.468 e. The van der Waals surface area contributed by atoms with Crippen LogP contribution < -0.4 is 10.6 Å². The van der Waals surface area contributed by atoms with E-state index in [0.29, 0.717) is 18.9 Å². The molecule has 2 N–H and O–H groups in total. The maximum atomic E-state index is 11.6. The smallest absolute Gasteiger partial charge is 0.191 e. The van der Waals surface area contributed by atoms with Crippen LogP contribution in [0.5, 0.6) is 0 Å². The van der Waals surface area contributed by atoms with Crippen LogP contribution in [0.1, 0.15) is 31.1 Å². The van der Waals surface area contributed by atoms with Crippen molar-refractivity contribution in [1.29, 1.82) is 0 Å². The Kier molecular flexibility index (Phi) is 5.45. The first-order chi connectivity index (χ1) is 11.6. The summed E-state index contributed by atoms with van der Waals surface area (Å²) in [5.74, 6) is 2.03. The summed E-state index contributed by atoms with van der Waals surface area (Å²) in [4.78, 5) is 6.65. The highest BCUT2D eigenvalue weighted by Gasteiger charge is 2.29. The van der Waals surface area contributed by atoms with E-state index in [4.69, 9.17) is 4.42 Å². The van der Waals surface area contributed by atoms with Gasteiger partial charge in [-0.15, -0.1) is 0 Å². The summed E-state index contributed by atoms with van der Waals surface area (Å²) in [6.45, 7) is 2.81. The molecule has 0 bridgehead atoms. The van der Waals surface area contributed by atoms with Gasteiger partial charge in [0.2, 0.25) is 0 Å². The summed E-state index contributed by atoms with van der Waals surface area (Å²) in [5.41, 5.74) is 0. The fraction of sp³-hybridized carbons (Fsp3) is 0.688. The highest BCUT2D eigenvalue weighted by atomic mass is 32.2. The first-order valence-electron chi connectivity index (χ1n) is 8.52. The second-order valence-electron chi connectivity index (χ2n) is 6.47. The van der Waals surface area contributed by atoms with Crippen molar-refractivity contribution in [1.82, 2.24) is 15.5 Å². The molecule has 3 rings (SSSR count). The molecule has 2 saturated heterocycles. The molecule has 0 spiro atoms.